The van der Waals surface area contributed by atoms with Gasteiger partial charge in [-0.1, -0.05) is 17.7 Å². The summed E-state index contributed by atoms with van der Waals surface area (Å²) >= 11 is 1.26. The standard InChI is InChI=1S/C17H20N2O4S/c1-11-3-4-14(12(2)7-11)23-6-5-18-15(20)9-16-19-13(10-24-16)8-17(21)22/h3-4,7,10H,5-6,8-9H2,1-2H3,(H,18,20)(H,21,22)/p-1. The summed E-state index contributed by atoms with van der Waals surface area (Å²) in [5, 5.41) is 15.5. The predicted molar refractivity (Wildman–Crippen MR) is 88.9 cm³/mol. The van der Waals surface area contributed by atoms with Gasteiger partial charge in [0.05, 0.1) is 18.7 Å². The van der Waals surface area contributed by atoms with Crippen molar-refractivity contribution in [3.05, 3.63) is 45.4 Å². The van der Waals surface area contributed by atoms with E-state index in [0.717, 1.165) is 11.3 Å². The molecule has 2 rings (SSSR count). The minimum absolute atomic E-state index is 0.126. The predicted octanol–water partition coefficient (Wildman–Crippen LogP) is 0.790. The number of amides is 1. The third-order valence-corrected chi connectivity index (χ3v) is 4.15. The zero-order valence-electron chi connectivity index (χ0n) is 13.6. The van der Waals surface area contributed by atoms with Crippen LogP contribution >= 0.6 is 11.3 Å². The summed E-state index contributed by atoms with van der Waals surface area (Å²) in [4.78, 5) is 26.4. The van der Waals surface area contributed by atoms with Crippen LogP contribution in [0.15, 0.2) is 23.6 Å². The molecule has 1 aromatic heterocycles. The van der Waals surface area contributed by atoms with Crippen molar-refractivity contribution in [1.29, 1.82) is 0 Å². The Hall–Kier alpha value is -2.41. The molecule has 0 unspecified atom stereocenters. The van der Waals surface area contributed by atoms with Crippen LogP contribution in [0.1, 0.15) is 21.8 Å². The van der Waals surface area contributed by atoms with Gasteiger partial charge < -0.3 is 20.0 Å². The fourth-order valence-corrected chi connectivity index (χ4v) is 2.96. The largest absolute Gasteiger partial charge is 0.550 e. The Morgan fingerprint density at radius 1 is 1.29 bits per heavy atom. The Bertz CT molecular complexity index is 727. The number of nitrogens with one attached hydrogen (secondary N) is 1. The van der Waals surface area contributed by atoms with E-state index in [-0.39, 0.29) is 18.7 Å². The molecule has 128 valence electrons. The van der Waals surface area contributed by atoms with Crippen LogP contribution in [0, 0.1) is 13.8 Å². The van der Waals surface area contributed by atoms with Crippen molar-refractivity contribution in [3.63, 3.8) is 0 Å². The molecule has 1 N–H and O–H groups in total. The van der Waals surface area contributed by atoms with Crippen molar-refractivity contribution in [2.24, 2.45) is 0 Å². The van der Waals surface area contributed by atoms with Crippen molar-refractivity contribution in [2.45, 2.75) is 26.7 Å². The number of aliphatic carboxylic acids is 1. The van der Waals surface area contributed by atoms with Gasteiger partial charge in [0, 0.05) is 17.8 Å². The second-order valence-electron chi connectivity index (χ2n) is 5.43. The lowest BCUT2D eigenvalue weighted by Gasteiger charge is -2.10. The van der Waals surface area contributed by atoms with Crippen LogP contribution in [0.2, 0.25) is 0 Å². The lowest BCUT2D eigenvalue weighted by Crippen LogP contribution is -2.29. The number of rotatable bonds is 8. The highest BCUT2D eigenvalue weighted by molar-refractivity contribution is 7.09. The molecule has 7 heteroatoms. The third-order valence-electron chi connectivity index (χ3n) is 3.25. The summed E-state index contributed by atoms with van der Waals surface area (Å²) in [5.41, 5.74) is 2.65. The number of carboxylic acids is 1. The Morgan fingerprint density at radius 2 is 2.08 bits per heavy atom. The molecule has 0 spiro atoms. The van der Waals surface area contributed by atoms with Gasteiger partial charge in [-0.2, -0.15) is 0 Å². The summed E-state index contributed by atoms with van der Waals surface area (Å²) < 4.78 is 5.64. The Kier molecular flexibility index (Phi) is 6.31. The topological polar surface area (TPSA) is 91.3 Å². The number of carbonyl (C=O) groups excluding carboxylic acids is 2. The van der Waals surface area contributed by atoms with Gasteiger partial charge in [0.1, 0.15) is 17.4 Å². The van der Waals surface area contributed by atoms with Crippen LogP contribution in [0.5, 0.6) is 5.75 Å². The number of nitrogens with zero attached hydrogens (tertiary/aromatic N) is 1. The molecule has 6 nitrogen and oxygen atoms in total. The molecular formula is C17H19N2O4S-. The second kappa shape index (κ2) is 8.44. The Labute approximate surface area is 144 Å². The summed E-state index contributed by atoms with van der Waals surface area (Å²) in [7, 11) is 0. The first kappa shape index (κ1) is 17.9. The lowest BCUT2D eigenvalue weighted by atomic mass is 10.1. The van der Waals surface area contributed by atoms with Crippen molar-refractivity contribution in [1.82, 2.24) is 10.3 Å². The molecule has 24 heavy (non-hydrogen) atoms. The van der Waals surface area contributed by atoms with E-state index >= 15 is 0 Å². The van der Waals surface area contributed by atoms with E-state index in [2.05, 4.69) is 10.3 Å². The van der Waals surface area contributed by atoms with Gasteiger partial charge in [-0.3, -0.25) is 4.79 Å². The zero-order valence-corrected chi connectivity index (χ0v) is 14.4. The normalized spacial score (nSPS) is 10.4. The number of carbonyl (C=O) groups is 2. The van der Waals surface area contributed by atoms with Crippen LogP contribution in [-0.2, 0) is 22.4 Å². The first-order valence-corrected chi connectivity index (χ1v) is 8.42. The number of aryl methyl sites for hydroxylation is 2. The SMILES string of the molecule is Cc1ccc(OCCNC(=O)Cc2nc(CC(=O)[O-])cs2)c(C)c1. The summed E-state index contributed by atoms with van der Waals surface area (Å²) in [6, 6.07) is 5.94. The third kappa shape index (κ3) is 5.66. The Balaban J connectivity index is 1.71. The number of carboxylic acid groups (broad SMARTS) is 1. The molecule has 0 atom stereocenters. The number of ether oxygens (including phenoxy) is 1. The highest BCUT2D eigenvalue weighted by Gasteiger charge is 2.08. The summed E-state index contributed by atoms with van der Waals surface area (Å²) in [6.07, 6.45) is -0.108. The lowest BCUT2D eigenvalue weighted by molar-refractivity contribution is -0.304. The maximum atomic E-state index is 11.8. The molecule has 1 aromatic carbocycles. The van der Waals surface area contributed by atoms with Crippen molar-refractivity contribution in [3.8, 4) is 5.75 Å². The van der Waals surface area contributed by atoms with Crippen LogP contribution in [0.4, 0.5) is 0 Å². The average molecular weight is 347 g/mol. The van der Waals surface area contributed by atoms with E-state index in [4.69, 9.17) is 4.74 Å². The maximum Gasteiger partial charge on any atom is 0.226 e. The number of benzene rings is 1. The molecule has 0 radical (unpaired) electrons. The minimum Gasteiger partial charge on any atom is -0.550 e. The zero-order chi connectivity index (χ0) is 17.5. The molecule has 0 saturated heterocycles. The van der Waals surface area contributed by atoms with Crippen LogP contribution in [-0.4, -0.2) is 30.0 Å². The van der Waals surface area contributed by atoms with Gasteiger partial charge in [0.25, 0.3) is 0 Å². The van der Waals surface area contributed by atoms with E-state index in [1.165, 1.54) is 16.9 Å². The Morgan fingerprint density at radius 3 is 2.79 bits per heavy atom. The number of hydrogen-bond acceptors (Lipinski definition) is 6. The van der Waals surface area contributed by atoms with E-state index in [0.29, 0.717) is 23.9 Å². The molecular weight excluding hydrogens is 328 g/mol. The van der Waals surface area contributed by atoms with Gasteiger partial charge in [-0.05, 0) is 25.5 Å². The fourth-order valence-electron chi connectivity index (χ4n) is 2.17. The van der Waals surface area contributed by atoms with Crippen molar-refractivity contribution < 1.29 is 19.4 Å². The van der Waals surface area contributed by atoms with E-state index in [1.54, 1.807) is 5.38 Å². The monoisotopic (exact) mass is 347 g/mol. The van der Waals surface area contributed by atoms with Crippen LogP contribution in [0.25, 0.3) is 0 Å². The highest BCUT2D eigenvalue weighted by atomic mass is 32.1. The number of hydrogen-bond donors (Lipinski definition) is 1. The second-order valence-corrected chi connectivity index (χ2v) is 6.37. The number of thiazole rings is 1. The first-order valence-electron chi connectivity index (χ1n) is 7.54. The van der Waals surface area contributed by atoms with Gasteiger partial charge >= 0.3 is 0 Å². The van der Waals surface area contributed by atoms with Gasteiger partial charge in [0.15, 0.2) is 0 Å². The molecule has 0 saturated carbocycles. The van der Waals surface area contributed by atoms with Crippen LogP contribution in [0.3, 0.4) is 0 Å². The molecule has 1 heterocycles. The molecule has 2 aromatic rings. The van der Waals surface area contributed by atoms with E-state index < -0.39 is 5.97 Å². The minimum atomic E-state index is -1.18. The molecule has 0 fully saturated rings. The highest BCUT2D eigenvalue weighted by Crippen LogP contribution is 2.18. The number of aromatic nitrogens is 1. The van der Waals surface area contributed by atoms with E-state index in [9.17, 15) is 14.7 Å². The average Bonchev–Trinajstić information content (AvgIpc) is 2.91. The van der Waals surface area contributed by atoms with Gasteiger partial charge in [0.2, 0.25) is 5.91 Å². The first-order chi connectivity index (χ1) is 11.4. The maximum absolute atomic E-state index is 11.8. The summed E-state index contributed by atoms with van der Waals surface area (Å²) in [6.45, 7) is 4.77. The fraction of sp³-hybridized carbons (Fsp3) is 0.353. The quantitative estimate of drug-likeness (QED) is 0.713. The van der Waals surface area contributed by atoms with Crippen molar-refractivity contribution >= 4 is 23.2 Å². The summed E-state index contributed by atoms with van der Waals surface area (Å²) in [5.74, 6) is -0.546. The van der Waals surface area contributed by atoms with Gasteiger partial charge in [-0.15, -0.1) is 11.3 Å². The molecule has 0 aliphatic rings. The van der Waals surface area contributed by atoms with Crippen molar-refractivity contribution in [2.75, 3.05) is 13.2 Å². The molecule has 0 bridgehead atoms. The smallest absolute Gasteiger partial charge is 0.226 e. The molecule has 0 aliphatic heterocycles. The van der Waals surface area contributed by atoms with Crippen LogP contribution < -0.4 is 15.2 Å². The molecule has 1 amide bonds. The molecule has 0 aliphatic carbocycles. The van der Waals surface area contributed by atoms with E-state index in [1.807, 2.05) is 32.0 Å². The van der Waals surface area contributed by atoms with Gasteiger partial charge in [-0.25, -0.2) is 4.98 Å².